The maximum atomic E-state index is 14.9. The van der Waals surface area contributed by atoms with Gasteiger partial charge in [-0.05, 0) is 125 Å². The highest BCUT2D eigenvalue weighted by Gasteiger charge is 2.44. The monoisotopic (exact) mass is 1440 g/mol. The summed E-state index contributed by atoms with van der Waals surface area (Å²) in [5.41, 5.74) is 6.91. The summed E-state index contributed by atoms with van der Waals surface area (Å²) in [7, 11) is 5.96. The number of imide groups is 1. The summed E-state index contributed by atoms with van der Waals surface area (Å²) in [4.78, 5) is 153. The van der Waals surface area contributed by atoms with Crippen molar-refractivity contribution in [3.8, 4) is 0 Å². The SMILES string of the molecule is CC[C@H](C)[C@@H]([C@@H](CC(=O)N1CCC[C@H]1[C@H](OC)[C@@H](C)C(=O)N[C@H](C)[C@@H](O)c1ccccc1)OC)N(C)C(=O)[C@H](CCCNC(N)=O)NC(=O)[C@H](C(C)C)N(C)C(=O)OCc1ccc(NC(=O)[C@H](C)NC(=O)[C@@H](NC(=O)CCCCCN2C(=O)C(Br)=C(Br)C2=O)C(C)C)cc1. The number of primary amides is 1. The predicted molar refractivity (Wildman–Crippen MR) is 360 cm³/mol. The van der Waals surface area contributed by atoms with Crippen LogP contribution in [0.3, 0.4) is 0 Å². The molecular formula is C66H99Br2N11O15. The molecule has 2 aromatic rings. The number of hydrogen-bond donors (Lipinski definition) is 8. The van der Waals surface area contributed by atoms with Gasteiger partial charge in [0.15, 0.2) is 0 Å². The van der Waals surface area contributed by atoms with Crippen LogP contribution in [-0.2, 0) is 64.0 Å². The van der Waals surface area contributed by atoms with Crippen LogP contribution in [0, 0.1) is 23.7 Å². The van der Waals surface area contributed by atoms with Gasteiger partial charge < -0.3 is 66.8 Å². The number of aliphatic hydroxyl groups is 1. The van der Waals surface area contributed by atoms with E-state index in [0.717, 1.165) is 9.80 Å². The van der Waals surface area contributed by atoms with Crippen LogP contribution in [-0.4, -0.2) is 192 Å². The highest BCUT2D eigenvalue weighted by Crippen LogP contribution is 2.32. The van der Waals surface area contributed by atoms with E-state index in [-0.39, 0.29) is 83.9 Å². The lowest BCUT2D eigenvalue weighted by atomic mass is 9.89. The number of methoxy groups -OCH3 is 2. The van der Waals surface area contributed by atoms with Gasteiger partial charge in [-0.15, -0.1) is 0 Å². The van der Waals surface area contributed by atoms with Gasteiger partial charge in [-0.25, -0.2) is 9.59 Å². The van der Waals surface area contributed by atoms with Crippen LogP contribution in [0.2, 0.25) is 0 Å². The number of anilines is 1. The largest absolute Gasteiger partial charge is 0.445 e. The summed E-state index contributed by atoms with van der Waals surface area (Å²) in [6.07, 6.45) is 0.180. The first-order valence-electron chi connectivity index (χ1n) is 32.2. The summed E-state index contributed by atoms with van der Waals surface area (Å²) >= 11 is 6.21. The topological polar surface area (TPSA) is 347 Å². The van der Waals surface area contributed by atoms with Gasteiger partial charge in [0, 0.05) is 60.1 Å². The van der Waals surface area contributed by atoms with E-state index in [4.69, 9.17) is 19.9 Å². The molecule has 0 aliphatic carbocycles. The zero-order chi connectivity index (χ0) is 70.3. The van der Waals surface area contributed by atoms with Gasteiger partial charge in [0.2, 0.25) is 41.4 Å². The van der Waals surface area contributed by atoms with E-state index in [1.165, 1.54) is 33.1 Å². The number of unbranched alkanes of at least 4 members (excludes halogenated alkanes) is 2. The molecule has 1 fully saturated rings. The molecular weight excluding hydrogens is 1350 g/mol. The number of urea groups is 1. The maximum absolute atomic E-state index is 14.9. The average Bonchev–Trinajstić information content (AvgIpc) is 1.61. The van der Waals surface area contributed by atoms with Gasteiger partial charge in [0.1, 0.15) is 39.7 Å². The smallest absolute Gasteiger partial charge is 0.410 e. The van der Waals surface area contributed by atoms with E-state index in [2.05, 4.69) is 63.8 Å². The van der Waals surface area contributed by atoms with Crippen molar-refractivity contribution in [2.24, 2.45) is 29.4 Å². The molecule has 12 atom stereocenters. The summed E-state index contributed by atoms with van der Waals surface area (Å²) in [6.45, 7) is 16.3. The molecule has 4 rings (SSSR count). The fourth-order valence-corrected chi connectivity index (χ4v) is 12.5. The van der Waals surface area contributed by atoms with E-state index >= 15 is 0 Å². The number of nitrogens with two attached hydrogens (primary N) is 1. The molecule has 94 heavy (non-hydrogen) atoms. The fourth-order valence-electron chi connectivity index (χ4n) is 11.8. The van der Waals surface area contributed by atoms with Crippen LogP contribution in [0.4, 0.5) is 15.3 Å². The molecule has 0 radical (unpaired) electrons. The number of carbonyl (C=O) groups is 11. The number of nitrogens with zero attached hydrogens (tertiary/aromatic N) is 4. The van der Waals surface area contributed by atoms with Gasteiger partial charge in [0.05, 0.1) is 48.8 Å². The lowest BCUT2D eigenvalue weighted by Crippen LogP contribution is -2.59. The number of carbonyl (C=O) groups excluding carboxylic acids is 11. The normalized spacial score (nSPS) is 17.6. The second-order valence-corrected chi connectivity index (χ2v) is 26.6. The molecule has 1 saturated heterocycles. The fraction of sp³-hybridized carbons (Fsp3) is 0.621. The average molecular weight is 1450 g/mol. The Hall–Kier alpha value is -7.01. The van der Waals surface area contributed by atoms with Crippen LogP contribution in [0.1, 0.15) is 144 Å². The number of aliphatic hydroxyl groups excluding tert-OH is 1. The predicted octanol–water partition coefficient (Wildman–Crippen LogP) is 5.89. The van der Waals surface area contributed by atoms with Crippen molar-refractivity contribution in [3.63, 3.8) is 0 Å². The number of likely N-dealkylation sites (N-methyl/N-ethyl adjacent to an activating group) is 2. The van der Waals surface area contributed by atoms with Crippen molar-refractivity contribution >= 4 is 103 Å². The summed E-state index contributed by atoms with van der Waals surface area (Å²) < 4.78 is 18.0. The number of halogens is 2. The quantitative estimate of drug-likeness (QED) is 0.0289. The second kappa shape index (κ2) is 38.5. The Morgan fingerprint density at radius 3 is 1.96 bits per heavy atom. The van der Waals surface area contributed by atoms with E-state index in [0.29, 0.717) is 61.9 Å². The first-order valence-corrected chi connectivity index (χ1v) is 33.8. The van der Waals surface area contributed by atoms with Gasteiger partial charge in [-0.2, -0.15) is 0 Å². The summed E-state index contributed by atoms with van der Waals surface area (Å²) in [5, 5.41) is 27.5. The van der Waals surface area contributed by atoms with Crippen molar-refractivity contribution in [2.75, 3.05) is 53.3 Å². The van der Waals surface area contributed by atoms with Crippen LogP contribution >= 0.6 is 31.9 Å². The Morgan fingerprint density at radius 2 is 1.38 bits per heavy atom. The Balaban J connectivity index is 1.36. The van der Waals surface area contributed by atoms with E-state index in [1.54, 1.807) is 89.9 Å². The van der Waals surface area contributed by atoms with Crippen LogP contribution in [0.15, 0.2) is 63.6 Å². The Morgan fingerprint density at radius 1 is 0.745 bits per heavy atom. The molecule has 0 spiro atoms. The number of ether oxygens (including phenoxy) is 3. The number of rotatable bonds is 37. The third-order valence-corrected chi connectivity index (χ3v) is 19.4. The van der Waals surface area contributed by atoms with E-state index < -0.39 is 120 Å². The van der Waals surface area contributed by atoms with Gasteiger partial charge >= 0.3 is 12.1 Å². The Labute approximate surface area is 569 Å². The molecule has 2 aromatic carbocycles. The number of nitrogens with one attached hydrogen (secondary N) is 6. The minimum absolute atomic E-state index is 0.0420. The van der Waals surface area contributed by atoms with Crippen molar-refractivity contribution in [2.45, 2.75) is 194 Å². The van der Waals surface area contributed by atoms with E-state index in [9.17, 15) is 57.8 Å². The molecule has 0 saturated carbocycles. The highest BCUT2D eigenvalue weighted by molar-refractivity contribution is 9.14. The zero-order valence-electron chi connectivity index (χ0n) is 56.5. The second-order valence-electron chi connectivity index (χ2n) is 25.0. The summed E-state index contributed by atoms with van der Waals surface area (Å²) in [5.74, 6) is -5.87. The minimum Gasteiger partial charge on any atom is -0.445 e. The number of benzene rings is 2. The Kier molecular flexibility index (Phi) is 32.5. The van der Waals surface area contributed by atoms with E-state index in [1.807, 2.05) is 32.0 Å². The molecule has 26 nitrogen and oxygen atoms in total. The van der Waals surface area contributed by atoms with Gasteiger partial charge in [-0.3, -0.25) is 53.0 Å². The van der Waals surface area contributed by atoms with Crippen molar-refractivity contribution < 1.29 is 72.1 Å². The molecule has 12 amide bonds. The molecule has 2 aliphatic heterocycles. The van der Waals surface area contributed by atoms with Gasteiger partial charge in [0.25, 0.3) is 11.8 Å². The molecule has 28 heteroatoms. The molecule has 0 bridgehead atoms. The van der Waals surface area contributed by atoms with Crippen molar-refractivity contribution in [1.82, 2.24) is 46.2 Å². The van der Waals surface area contributed by atoms with Crippen molar-refractivity contribution in [3.05, 3.63) is 74.7 Å². The minimum atomic E-state index is -1.19. The molecule has 522 valence electrons. The van der Waals surface area contributed by atoms with Crippen LogP contribution in [0.25, 0.3) is 0 Å². The molecule has 0 unspecified atom stereocenters. The third kappa shape index (κ3) is 22.6. The standard InChI is InChI=1S/C66H99Br2N11O15/c1-14-39(6)55(48(92-12)35-50(81)78-34-22-26-47(78)57(93-13)40(7)58(83)71-41(8)56(82)44-23-17-15-18-24-44)76(10)62(87)46(25-21-32-70-65(69)90)74-61(86)54(38(4)5)77(11)66(91)94-36-43-28-30-45(31-29-43)73-59(84)42(9)72-60(85)53(37(2)3)75-49(80)27-19-16-20-33-79-63(88)51(67)52(68)64(79)89/h15,17-18,23-24,28-31,37-42,46-48,53-57,82H,14,16,19-22,25-27,32-36H2,1-13H3,(H,71,83)(H,72,85)(H,73,84)(H,74,86)(H,75,80)(H3,69,70,90)/t39-,40+,41+,42-,46-,47-,48+,53-,54-,55-,56+,57+/m0/s1. The number of amides is 12. The lowest BCUT2D eigenvalue weighted by molar-refractivity contribution is -0.147. The molecule has 0 aromatic heterocycles. The summed E-state index contributed by atoms with van der Waals surface area (Å²) in [6, 6.07) is 8.57. The lowest BCUT2D eigenvalue weighted by Gasteiger charge is -2.40. The number of hydrogen-bond acceptors (Lipinski definition) is 15. The highest BCUT2D eigenvalue weighted by atomic mass is 79.9. The number of likely N-dealkylation sites (tertiary alicyclic amines) is 1. The molecule has 2 aliphatic rings. The van der Waals surface area contributed by atoms with Gasteiger partial charge in [-0.1, -0.05) is 104 Å². The molecule has 9 N–H and O–H groups in total. The van der Waals surface area contributed by atoms with Crippen LogP contribution < -0.4 is 37.6 Å². The van der Waals surface area contributed by atoms with Crippen molar-refractivity contribution in [1.29, 1.82) is 0 Å². The first-order chi connectivity index (χ1) is 44.4. The molecule has 2 heterocycles. The Bertz CT molecular complexity index is 2930. The third-order valence-electron chi connectivity index (χ3n) is 17.4. The zero-order valence-corrected chi connectivity index (χ0v) is 59.6. The first kappa shape index (κ1) is 79.4. The maximum Gasteiger partial charge on any atom is 0.410 e. The van der Waals surface area contributed by atoms with Crippen LogP contribution in [0.5, 0.6) is 0 Å².